The van der Waals surface area contributed by atoms with Gasteiger partial charge in [0.25, 0.3) is 8.32 Å². The summed E-state index contributed by atoms with van der Waals surface area (Å²) in [5.74, 6) is 0. The molecular weight excluding hydrogens is 300 g/mol. The molecule has 2 nitrogen and oxygen atoms in total. The summed E-state index contributed by atoms with van der Waals surface area (Å²) in [7, 11) is -2.88. The van der Waals surface area contributed by atoms with Crippen molar-refractivity contribution in [2.45, 2.75) is 51.2 Å². The van der Waals surface area contributed by atoms with E-state index in [1.54, 1.807) is 0 Å². The van der Waals surface area contributed by atoms with Crippen molar-refractivity contribution < 1.29 is 9.90 Å². The van der Waals surface area contributed by atoms with Crippen LogP contribution in [0.1, 0.15) is 40.0 Å². The Balaban J connectivity index is 2.42. The van der Waals surface area contributed by atoms with Crippen LogP contribution >= 0.6 is 0 Å². The summed E-state index contributed by atoms with van der Waals surface area (Å²) in [6, 6.07) is 20.2. The lowest BCUT2D eigenvalue weighted by molar-refractivity contribution is 0.178. The predicted molar refractivity (Wildman–Crippen MR) is 99.7 cm³/mol. The van der Waals surface area contributed by atoms with Gasteiger partial charge in [-0.2, -0.15) is 0 Å². The first-order valence-electron chi connectivity index (χ1n) is 8.39. The van der Waals surface area contributed by atoms with E-state index in [1.165, 1.54) is 0 Å². The molecule has 3 heteroatoms. The van der Waals surface area contributed by atoms with Gasteiger partial charge in [-0.3, -0.25) is 0 Å². The standard InChI is InChI=1S/C20H28O2Si/c1-17(21)11-10-16-20(2,3)23(22,18-12-6-4-7-13-18)19-14-8-5-9-15-19/h4-9,12-15,17,21-22H,10-11,16H2,1-3H3/t17-/m0/s1. The molecule has 0 fully saturated rings. The lowest BCUT2D eigenvalue weighted by Gasteiger charge is -2.41. The highest BCUT2D eigenvalue weighted by atomic mass is 28.4. The SMILES string of the molecule is C[C@H](O)CCCC(C)(C)[Si](O)(c1ccccc1)c1ccccc1. The minimum Gasteiger partial charge on any atom is -0.424 e. The Morgan fingerprint density at radius 3 is 1.74 bits per heavy atom. The van der Waals surface area contributed by atoms with E-state index in [9.17, 15) is 9.90 Å². The molecule has 0 spiro atoms. The fourth-order valence-corrected chi connectivity index (χ4v) is 7.11. The van der Waals surface area contributed by atoms with Crippen molar-refractivity contribution in [3.05, 3.63) is 60.7 Å². The van der Waals surface area contributed by atoms with Crippen LogP contribution in [0.4, 0.5) is 0 Å². The van der Waals surface area contributed by atoms with E-state index in [4.69, 9.17) is 0 Å². The first kappa shape index (κ1) is 17.9. The van der Waals surface area contributed by atoms with E-state index in [0.29, 0.717) is 0 Å². The quantitative estimate of drug-likeness (QED) is 0.767. The summed E-state index contributed by atoms with van der Waals surface area (Å²) < 4.78 is 0. The number of aliphatic hydroxyl groups is 1. The van der Waals surface area contributed by atoms with Gasteiger partial charge in [-0.25, -0.2) is 0 Å². The van der Waals surface area contributed by atoms with Gasteiger partial charge in [0.15, 0.2) is 0 Å². The van der Waals surface area contributed by atoms with E-state index in [0.717, 1.165) is 29.6 Å². The number of hydrogen-bond acceptors (Lipinski definition) is 2. The monoisotopic (exact) mass is 328 g/mol. The van der Waals surface area contributed by atoms with Gasteiger partial charge in [0.2, 0.25) is 0 Å². The maximum atomic E-state index is 11.9. The molecule has 0 bridgehead atoms. The molecule has 2 aromatic rings. The van der Waals surface area contributed by atoms with E-state index < -0.39 is 8.32 Å². The van der Waals surface area contributed by atoms with Gasteiger partial charge in [0.1, 0.15) is 0 Å². The van der Waals surface area contributed by atoms with Gasteiger partial charge in [0.05, 0.1) is 6.10 Å². The molecule has 0 aliphatic carbocycles. The molecule has 0 amide bonds. The van der Waals surface area contributed by atoms with Crippen LogP contribution in [0.5, 0.6) is 0 Å². The molecule has 0 aliphatic heterocycles. The second-order valence-electron chi connectivity index (χ2n) is 7.07. The van der Waals surface area contributed by atoms with Gasteiger partial charge >= 0.3 is 0 Å². The molecule has 124 valence electrons. The van der Waals surface area contributed by atoms with Crippen LogP contribution in [-0.2, 0) is 0 Å². The van der Waals surface area contributed by atoms with Gasteiger partial charge in [-0.15, -0.1) is 0 Å². The molecule has 2 rings (SSSR count). The lowest BCUT2D eigenvalue weighted by atomic mass is 10.0. The Morgan fingerprint density at radius 1 is 0.913 bits per heavy atom. The fourth-order valence-electron chi connectivity index (χ4n) is 3.33. The number of hydrogen-bond donors (Lipinski definition) is 2. The Labute approximate surface area is 141 Å². The molecule has 0 saturated carbocycles. The highest BCUT2D eigenvalue weighted by molar-refractivity contribution is 6.98. The number of aliphatic hydroxyl groups excluding tert-OH is 1. The van der Waals surface area contributed by atoms with Crippen molar-refractivity contribution in [1.29, 1.82) is 0 Å². The number of benzene rings is 2. The van der Waals surface area contributed by atoms with E-state index in [2.05, 4.69) is 38.1 Å². The zero-order valence-corrected chi connectivity index (χ0v) is 15.4. The van der Waals surface area contributed by atoms with Crippen molar-refractivity contribution >= 4 is 18.7 Å². The van der Waals surface area contributed by atoms with Crippen molar-refractivity contribution in [2.75, 3.05) is 0 Å². The second-order valence-corrected chi connectivity index (χ2v) is 11.0. The molecular formula is C20H28O2Si. The molecule has 0 radical (unpaired) electrons. The Kier molecular flexibility index (Phi) is 5.79. The topological polar surface area (TPSA) is 40.5 Å². The fraction of sp³-hybridized carbons (Fsp3) is 0.400. The van der Waals surface area contributed by atoms with Crippen molar-refractivity contribution in [3.8, 4) is 0 Å². The summed E-state index contributed by atoms with van der Waals surface area (Å²) >= 11 is 0. The zero-order chi connectivity index (χ0) is 16.9. The molecule has 1 atom stereocenters. The molecule has 0 unspecified atom stereocenters. The Morgan fingerprint density at radius 2 is 1.35 bits per heavy atom. The Bertz CT molecular complexity index is 554. The van der Waals surface area contributed by atoms with Gasteiger partial charge in [-0.05, 0) is 35.2 Å². The first-order chi connectivity index (χ1) is 10.9. The summed E-state index contributed by atoms with van der Waals surface area (Å²) in [6.45, 7) is 6.16. The third-order valence-corrected chi connectivity index (χ3v) is 9.33. The zero-order valence-electron chi connectivity index (χ0n) is 14.4. The predicted octanol–water partition coefficient (Wildman–Crippen LogP) is 3.07. The van der Waals surface area contributed by atoms with Crippen LogP contribution < -0.4 is 10.4 Å². The summed E-state index contributed by atoms with van der Waals surface area (Å²) in [5, 5.41) is 11.4. The van der Waals surface area contributed by atoms with Crippen molar-refractivity contribution in [1.82, 2.24) is 0 Å². The molecule has 2 N–H and O–H groups in total. The highest BCUT2D eigenvalue weighted by Crippen LogP contribution is 2.40. The molecule has 0 aliphatic rings. The average molecular weight is 329 g/mol. The first-order valence-corrected chi connectivity index (χ1v) is 10.3. The summed E-state index contributed by atoms with van der Waals surface area (Å²) in [6.07, 6.45) is 2.30. The van der Waals surface area contributed by atoms with Crippen LogP contribution in [0.2, 0.25) is 5.04 Å². The minimum atomic E-state index is -2.88. The third kappa shape index (κ3) is 3.92. The van der Waals surface area contributed by atoms with Crippen molar-refractivity contribution in [3.63, 3.8) is 0 Å². The van der Waals surface area contributed by atoms with Crippen LogP contribution in [-0.4, -0.2) is 24.3 Å². The molecule has 23 heavy (non-hydrogen) atoms. The van der Waals surface area contributed by atoms with Gasteiger partial charge in [0, 0.05) is 0 Å². The molecule has 0 aromatic heterocycles. The van der Waals surface area contributed by atoms with Gasteiger partial charge in [-0.1, -0.05) is 80.9 Å². The van der Waals surface area contributed by atoms with Crippen LogP contribution in [0.3, 0.4) is 0 Å². The second kappa shape index (κ2) is 7.43. The Hall–Kier alpha value is -1.42. The van der Waals surface area contributed by atoms with Crippen LogP contribution in [0, 0.1) is 0 Å². The van der Waals surface area contributed by atoms with Crippen LogP contribution in [0.15, 0.2) is 60.7 Å². The maximum Gasteiger partial charge on any atom is 0.258 e. The van der Waals surface area contributed by atoms with E-state index in [-0.39, 0.29) is 11.1 Å². The van der Waals surface area contributed by atoms with Gasteiger partial charge < -0.3 is 9.90 Å². The maximum absolute atomic E-state index is 11.9. The summed E-state index contributed by atoms with van der Waals surface area (Å²) in [5.41, 5.74) is 0. The highest BCUT2D eigenvalue weighted by Gasteiger charge is 2.49. The molecule has 0 saturated heterocycles. The van der Waals surface area contributed by atoms with Crippen molar-refractivity contribution in [2.24, 2.45) is 0 Å². The average Bonchev–Trinajstić information content (AvgIpc) is 2.55. The lowest BCUT2D eigenvalue weighted by Crippen LogP contribution is -2.65. The minimum absolute atomic E-state index is 0.218. The largest absolute Gasteiger partial charge is 0.424 e. The normalized spacial score (nSPS) is 13.8. The molecule has 0 heterocycles. The van der Waals surface area contributed by atoms with E-state index >= 15 is 0 Å². The molecule has 2 aromatic carbocycles. The summed E-state index contributed by atoms with van der Waals surface area (Å²) in [4.78, 5) is 11.9. The smallest absolute Gasteiger partial charge is 0.258 e. The third-order valence-electron chi connectivity index (χ3n) is 4.79. The van der Waals surface area contributed by atoms with Crippen LogP contribution in [0.25, 0.3) is 0 Å². The van der Waals surface area contributed by atoms with E-state index in [1.807, 2.05) is 43.3 Å². The number of rotatable bonds is 7.